The lowest BCUT2D eigenvalue weighted by molar-refractivity contribution is 0.0591. The molecule has 0 aliphatic rings. The maximum Gasteiger partial charge on any atom is 0.341 e. The Morgan fingerprint density at radius 3 is 2.93 bits per heavy atom. The number of esters is 1. The van der Waals surface area contributed by atoms with Crippen LogP contribution in [0.5, 0.6) is 0 Å². The summed E-state index contributed by atoms with van der Waals surface area (Å²) in [5.41, 5.74) is 1.21. The zero-order valence-electron chi connectivity index (χ0n) is 9.32. The SMILES string of the molecule is CCCOCc1c(C(=O)OC)cnn1C. The lowest BCUT2D eigenvalue weighted by Crippen LogP contribution is -2.08. The second kappa shape index (κ2) is 5.50. The van der Waals surface area contributed by atoms with Crippen molar-refractivity contribution in [3.8, 4) is 0 Å². The Kier molecular flexibility index (Phi) is 4.30. The van der Waals surface area contributed by atoms with Crippen LogP contribution in [-0.4, -0.2) is 29.5 Å². The summed E-state index contributed by atoms with van der Waals surface area (Å²) in [5.74, 6) is -0.377. The highest BCUT2D eigenvalue weighted by atomic mass is 16.5. The van der Waals surface area contributed by atoms with Crippen molar-refractivity contribution in [2.24, 2.45) is 7.05 Å². The van der Waals surface area contributed by atoms with Gasteiger partial charge in [-0.2, -0.15) is 5.10 Å². The van der Waals surface area contributed by atoms with Crippen LogP contribution in [0.4, 0.5) is 0 Å². The highest BCUT2D eigenvalue weighted by Gasteiger charge is 2.16. The third-order valence-corrected chi connectivity index (χ3v) is 2.05. The van der Waals surface area contributed by atoms with Crippen LogP contribution < -0.4 is 0 Å². The number of aryl methyl sites for hydroxylation is 1. The van der Waals surface area contributed by atoms with Crippen LogP contribution in [0.3, 0.4) is 0 Å². The molecule has 5 heteroatoms. The van der Waals surface area contributed by atoms with E-state index in [4.69, 9.17) is 4.74 Å². The maximum atomic E-state index is 11.3. The number of carbonyl (C=O) groups is 1. The van der Waals surface area contributed by atoms with Crippen LogP contribution in [0.25, 0.3) is 0 Å². The van der Waals surface area contributed by atoms with Crippen molar-refractivity contribution < 1.29 is 14.3 Å². The lowest BCUT2D eigenvalue weighted by atomic mass is 10.2. The van der Waals surface area contributed by atoms with E-state index in [0.29, 0.717) is 18.8 Å². The largest absolute Gasteiger partial charge is 0.465 e. The van der Waals surface area contributed by atoms with Crippen LogP contribution in [0.2, 0.25) is 0 Å². The van der Waals surface area contributed by atoms with E-state index in [0.717, 1.165) is 12.1 Å². The summed E-state index contributed by atoms with van der Waals surface area (Å²) in [5, 5.41) is 4.00. The Morgan fingerprint density at radius 1 is 1.60 bits per heavy atom. The number of methoxy groups -OCH3 is 1. The van der Waals surface area contributed by atoms with Crippen molar-refractivity contribution in [3.05, 3.63) is 17.5 Å². The van der Waals surface area contributed by atoms with E-state index >= 15 is 0 Å². The second-order valence-electron chi connectivity index (χ2n) is 3.17. The molecule has 0 fully saturated rings. The molecule has 1 aromatic rings. The molecule has 0 spiro atoms. The highest BCUT2D eigenvalue weighted by molar-refractivity contribution is 5.90. The van der Waals surface area contributed by atoms with Crippen molar-refractivity contribution in [3.63, 3.8) is 0 Å². The van der Waals surface area contributed by atoms with Crippen LogP contribution in [0.15, 0.2) is 6.20 Å². The van der Waals surface area contributed by atoms with E-state index in [9.17, 15) is 4.79 Å². The molecule has 0 saturated heterocycles. The third kappa shape index (κ3) is 2.79. The van der Waals surface area contributed by atoms with Crippen molar-refractivity contribution >= 4 is 5.97 Å². The first-order valence-electron chi connectivity index (χ1n) is 4.87. The Balaban J connectivity index is 2.75. The van der Waals surface area contributed by atoms with Gasteiger partial charge in [-0.3, -0.25) is 4.68 Å². The predicted octanol–water partition coefficient (Wildman–Crippen LogP) is 1.13. The summed E-state index contributed by atoms with van der Waals surface area (Å²) < 4.78 is 11.7. The molecule has 5 nitrogen and oxygen atoms in total. The summed E-state index contributed by atoms with van der Waals surface area (Å²) in [4.78, 5) is 11.3. The fraction of sp³-hybridized carbons (Fsp3) is 0.600. The molecule has 0 aliphatic carbocycles. The molecule has 0 amide bonds. The minimum atomic E-state index is -0.377. The van der Waals surface area contributed by atoms with E-state index in [1.807, 2.05) is 6.92 Å². The molecule has 0 aromatic carbocycles. The molecule has 84 valence electrons. The number of ether oxygens (including phenoxy) is 2. The zero-order chi connectivity index (χ0) is 11.3. The quantitative estimate of drug-likeness (QED) is 0.542. The Hall–Kier alpha value is -1.36. The van der Waals surface area contributed by atoms with Gasteiger partial charge >= 0.3 is 5.97 Å². The number of carbonyl (C=O) groups excluding carboxylic acids is 1. The van der Waals surface area contributed by atoms with Crippen molar-refractivity contribution in [2.75, 3.05) is 13.7 Å². The van der Waals surface area contributed by atoms with E-state index in [-0.39, 0.29) is 5.97 Å². The number of hydrogen-bond acceptors (Lipinski definition) is 4. The molecule has 0 saturated carbocycles. The highest BCUT2D eigenvalue weighted by Crippen LogP contribution is 2.10. The Morgan fingerprint density at radius 2 is 2.33 bits per heavy atom. The van der Waals surface area contributed by atoms with Gasteiger partial charge in [0.25, 0.3) is 0 Å². The predicted molar refractivity (Wildman–Crippen MR) is 54.5 cm³/mol. The smallest absolute Gasteiger partial charge is 0.341 e. The standard InChI is InChI=1S/C10H16N2O3/c1-4-5-15-7-9-8(10(13)14-3)6-11-12(9)2/h6H,4-5,7H2,1-3H3. The van der Waals surface area contributed by atoms with Gasteiger partial charge in [-0.25, -0.2) is 4.79 Å². The Labute approximate surface area is 89.0 Å². The van der Waals surface area contributed by atoms with E-state index in [1.54, 1.807) is 11.7 Å². The molecule has 1 rings (SSSR count). The zero-order valence-corrected chi connectivity index (χ0v) is 9.32. The van der Waals surface area contributed by atoms with Crippen molar-refractivity contribution in [1.82, 2.24) is 9.78 Å². The topological polar surface area (TPSA) is 53.4 Å². The minimum absolute atomic E-state index is 0.377. The van der Waals surface area contributed by atoms with Crippen molar-refractivity contribution in [1.29, 1.82) is 0 Å². The number of aromatic nitrogens is 2. The number of nitrogens with zero attached hydrogens (tertiary/aromatic N) is 2. The average molecular weight is 212 g/mol. The fourth-order valence-electron chi connectivity index (χ4n) is 1.23. The fourth-order valence-corrected chi connectivity index (χ4v) is 1.23. The number of rotatable bonds is 5. The maximum absolute atomic E-state index is 11.3. The summed E-state index contributed by atoms with van der Waals surface area (Å²) in [6.45, 7) is 3.09. The average Bonchev–Trinajstić information content (AvgIpc) is 2.60. The van der Waals surface area contributed by atoms with E-state index in [1.165, 1.54) is 13.3 Å². The van der Waals surface area contributed by atoms with Crippen molar-refractivity contribution in [2.45, 2.75) is 20.0 Å². The lowest BCUT2D eigenvalue weighted by Gasteiger charge is -2.05. The molecule has 0 bridgehead atoms. The summed E-state index contributed by atoms with van der Waals surface area (Å²) in [6, 6.07) is 0. The molecule has 0 radical (unpaired) electrons. The molecular weight excluding hydrogens is 196 g/mol. The molecule has 1 heterocycles. The summed E-state index contributed by atoms with van der Waals surface area (Å²) in [7, 11) is 3.13. The molecule has 0 aliphatic heterocycles. The molecule has 15 heavy (non-hydrogen) atoms. The van der Waals surface area contributed by atoms with Gasteiger partial charge in [-0.05, 0) is 6.42 Å². The molecule has 0 unspecified atom stereocenters. The van der Waals surface area contributed by atoms with Crippen LogP contribution in [0.1, 0.15) is 29.4 Å². The first-order valence-corrected chi connectivity index (χ1v) is 4.87. The monoisotopic (exact) mass is 212 g/mol. The van der Waals surface area contributed by atoms with Gasteiger partial charge in [0.2, 0.25) is 0 Å². The molecular formula is C10H16N2O3. The van der Waals surface area contributed by atoms with Crippen LogP contribution >= 0.6 is 0 Å². The first kappa shape index (κ1) is 11.7. The summed E-state index contributed by atoms with van der Waals surface area (Å²) >= 11 is 0. The van der Waals surface area contributed by atoms with Gasteiger partial charge in [0.05, 0.1) is 25.6 Å². The normalized spacial score (nSPS) is 10.3. The first-order chi connectivity index (χ1) is 7.20. The van der Waals surface area contributed by atoms with Gasteiger partial charge in [0.15, 0.2) is 0 Å². The Bertz CT molecular complexity index is 333. The minimum Gasteiger partial charge on any atom is -0.465 e. The van der Waals surface area contributed by atoms with Crippen LogP contribution in [-0.2, 0) is 23.1 Å². The van der Waals surface area contributed by atoms with Gasteiger partial charge in [0.1, 0.15) is 5.56 Å². The van der Waals surface area contributed by atoms with E-state index in [2.05, 4.69) is 9.84 Å². The van der Waals surface area contributed by atoms with Gasteiger partial charge < -0.3 is 9.47 Å². The molecule has 1 aromatic heterocycles. The number of hydrogen-bond donors (Lipinski definition) is 0. The molecule has 0 N–H and O–H groups in total. The van der Waals surface area contributed by atoms with Crippen LogP contribution in [0, 0.1) is 0 Å². The summed E-state index contributed by atoms with van der Waals surface area (Å²) in [6.07, 6.45) is 2.45. The van der Waals surface area contributed by atoms with Gasteiger partial charge in [-0.15, -0.1) is 0 Å². The molecule has 0 atom stereocenters. The van der Waals surface area contributed by atoms with Gasteiger partial charge in [0, 0.05) is 13.7 Å². The second-order valence-corrected chi connectivity index (χ2v) is 3.17. The third-order valence-electron chi connectivity index (χ3n) is 2.05. The van der Waals surface area contributed by atoms with Gasteiger partial charge in [-0.1, -0.05) is 6.92 Å². The van der Waals surface area contributed by atoms with E-state index < -0.39 is 0 Å².